The van der Waals surface area contributed by atoms with Crippen molar-refractivity contribution in [2.45, 2.75) is 6.54 Å². The van der Waals surface area contributed by atoms with Crippen molar-refractivity contribution in [2.24, 2.45) is 5.84 Å². The fraction of sp³-hybridized carbons (Fsp3) is 0.286. The molecular weight excluding hydrogens is 218 g/mol. The van der Waals surface area contributed by atoms with Crippen LogP contribution in [0.3, 0.4) is 0 Å². The summed E-state index contributed by atoms with van der Waals surface area (Å²) in [4.78, 5) is 8.01. The number of rotatable bonds is 3. The lowest BCUT2D eigenvalue weighted by molar-refractivity contribution is 0.681. The van der Waals surface area contributed by atoms with Crippen molar-refractivity contribution in [3.63, 3.8) is 0 Å². The number of aromatic nitrogens is 4. The molecule has 0 aliphatic heterocycles. The van der Waals surface area contributed by atoms with Gasteiger partial charge in [0.05, 0.1) is 18.1 Å². The van der Waals surface area contributed by atoms with Gasteiger partial charge in [0.15, 0.2) is 11.5 Å². The third kappa shape index (κ3) is 1.66. The second-order valence-electron chi connectivity index (χ2n) is 2.87. The maximum absolute atomic E-state index is 5.63. The maximum atomic E-state index is 5.63. The molecule has 0 radical (unpaired) electrons. The average Bonchev–Trinajstić information content (AvgIpc) is 2.61. The number of fused-ring (bicyclic) bond motifs is 1. The summed E-state index contributed by atoms with van der Waals surface area (Å²) < 4.78 is 1.65. The van der Waals surface area contributed by atoms with Crippen molar-refractivity contribution < 1.29 is 0 Å². The van der Waals surface area contributed by atoms with Gasteiger partial charge in [-0.1, -0.05) is 0 Å². The van der Waals surface area contributed by atoms with Crippen LogP contribution in [-0.4, -0.2) is 25.6 Å². The Morgan fingerprint density at radius 3 is 2.93 bits per heavy atom. The van der Waals surface area contributed by atoms with Crippen LogP contribution in [0.2, 0.25) is 0 Å². The summed E-state index contributed by atoms with van der Waals surface area (Å²) >= 11 is 5.63. The summed E-state index contributed by atoms with van der Waals surface area (Å²) in [5.41, 5.74) is 8.60. The zero-order chi connectivity index (χ0) is 10.8. The largest absolute Gasteiger partial charge is 0.368 e. The normalized spacial score (nSPS) is 10.8. The highest BCUT2D eigenvalue weighted by atomic mass is 35.5. The van der Waals surface area contributed by atoms with Crippen LogP contribution in [-0.2, 0) is 6.54 Å². The first-order valence-electron chi connectivity index (χ1n) is 4.28. The van der Waals surface area contributed by atoms with Gasteiger partial charge in [-0.05, 0) is 0 Å². The Balaban J connectivity index is 2.64. The molecule has 7 nitrogen and oxygen atoms in total. The molecule has 80 valence electrons. The lowest BCUT2D eigenvalue weighted by Gasteiger charge is -2.03. The van der Waals surface area contributed by atoms with E-state index in [1.165, 1.54) is 0 Å². The summed E-state index contributed by atoms with van der Waals surface area (Å²) in [6.07, 6.45) is 1.62. The number of halogens is 1. The van der Waals surface area contributed by atoms with E-state index >= 15 is 0 Å². The summed E-state index contributed by atoms with van der Waals surface area (Å²) in [5.74, 6) is 6.36. The number of nitrogens with two attached hydrogens (primary N) is 2. The zero-order valence-electron chi connectivity index (χ0n) is 7.81. The first-order valence-corrected chi connectivity index (χ1v) is 4.81. The molecule has 0 spiro atoms. The number of nitrogens with one attached hydrogen (secondary N) is 1. The number of nitrogen functional groups attached to an aromatic ring is 2. The Morgan fingerprint density at radius 1 is 1.47 bits per heavy atom. The standard InChI is InChI=1S/C7H10ClN7/c8-1-2-15-6-4(3-11-15)5(14-10)12-7(9)13-6/h3H,1-2,10H2,(H3,9,12,13,14). The molecule has 5 N–H and O–H groups in total. The summed E-state index contributed by atoms with van der Waals surface area (Å²) in [5, 5.41) is 4.83. The van der Waals surface area contributed by atoms with Crippen LogP contribution in [0.4, 0.5) is 11.8 Å². The molecule has 0 bridgehead atoms. The number of hydrazine groups is 1. The van der Waals surface area contributed by atoms with Crippen LogP contribution in [0.1, 0.15) is 0 Å². The predicted octanol–water partition coefficient (Wildman–Crippen LogP) is -0.0671. The lowest BCUT2D eigenvalue weighted by Crippen LogP contribution is -2.11. The van der Waals surface area contributed by atoms with E-state index in [2.05, 4.69) is 20.5 Å². The molecular formula is C7H10ClN7. The van der Waals surface area contributed by atoms with Crippen molar-refractivity contribution in [3.8, 4) is 0 Å². The van der Waals surface area contributed by atoms with Crippen molar-refractivity contribution in [1.29, 1.82) is 0 Å². The van der Waals surface area contributed by atoms with E-state index in [1.54, 1.807) is 10.9 Å². The van der Waals surface area contributed by atoms with Gasteiger partial charge >= 0.3 is 0 Å². The van der Waals surface area contributed by atoms with Gasteiger partial charge in [0, 0.05) is 5.88 Å². The van der Waals surface area contributed by atoms with Gasteiger partial charge < -0.3 is 11.2 Å². The second kappa shape index (κ2) is 3.87. The van der Waals surface area contributed by atoms with Gasteiger partial charge in [-0.2, -0.15) is 15.1 Å². The minimum atomic E-state index is 0.145. The van der Waals surface area contributed by atoms with Crippen LogP contribution in [0.25, 0.3) is 11.0 Å². The third-order valence-corrected chi connectivity index (χ3v) is 2.12. The Morgan fingerprint density at radius 2 is 2.27 bits per heavy atom. The molecule has 2 aromatic rings. The molecule has 0 aromatic carbocycles. The first-order chi connectivity index (χ1) is 7.26. The van der Waals surface area contributed by atoms with E-state index in [0.717, 1.165) is 5.39 Å². The number of aryl methyl sites for hydroxylation is 1. The summed E-state index contributed by atoms with van der Waals surface area (Å²) in [6, 6.07) is 0. The number of anilines is 2. The molecule has 15 heavy (non-hydrogen) atoms. The van der Waals surface area contributed by atoms with Crippen molar-refractivity contribution >= 4 is 34.4 Å². The third-order valence-electron chi connectivity index (χ3n) is 1.95. The molecule has 0 saturated carbocycles. The number of hydrogen-bond donors (Lipinski definition) is 3. The Hall–Kier alpha value is -1.60. The van der Waals surface area contributed by atoms with Crippen LogP contribution in [0.15, 0.2) is 6.20 Å². The molecule has 0 aliphatic rings. The average molecular weight is 228 g/mol. The second-order valence-corrected chi connectivity index (χ2v) is 3.25. The Bertz CT molecular complexity index is 479. The molecule has 2 rings (SSSR count). The maximum Gasteiger partial charge on any atom is 0.224 e. The minimum absolute atomic E-state index is 0.145. The highest BCUT2D eigenvalue weighted by Gasteiger charge is 2.10. The van der Waals surface area contributed by atoms with Gasteiger partial charge in [-0.15, -0.1) is 11.6 Å². The van der Waals surface area contributed by atoms with Crippen molar-refractivity contribution in [3.05, 3.63) is 6.20 Å². The van der Waals surface area contributed by atoms with Gasteiger partial charge in [-0.25, -0.2) is 10.5 Å². The number of hydrogen-bond acceptors (Lipinski definition) is 6. The number of nitrogens with zero attached hydrogens (tertiary/aromatic N) is 4. The minimum Gasteiger partial charge on any atom is -0.368 e. The van der Waals surface area contributed by atoms with Gasteiger partial charge in [0.1, 0.15) is 0 Å². The van der Waals surface area contributed by atoms with Crippen LogP contribution >= 0.6 is 11.6 Å². The Labute approximate surface area is 90.4 Å². The quantitative estimate of drug-likeness (QED) is 0.385. The molecule has 0 amide bonds. The SMILES string of the molecule is NNc1nc(N)nc2c1cnn2CCCl. The van der Waals surface area contributed by atoms with E-state index in [1.807, 2.05) is 0 Å². The molecule has 0 saturated heterocycles. The van der Waals surface area contributed by atoms with Gasteiger partial charge in [0.25, 0.3) is 0 Å². The van der Waals surface area contributed by atoms with Crippen molar-refractivity contribution in [1.82, 2.24) is 19.7 Å². The zero-order valence-corrected chi connectivity index (χ0v) is 8.57. The topological polar surface area (TPSA) is 108 Å². The molecule has 2 aromatic heterocycles. The fourth-order valence-corrected chi connectivity index (χ4v) is 1.49. The summed E-state index contributed by atoms with van der Waals surface area (Å²) in [6.45, 7) is 0.561. The molecule has 8 heteroatoms. The molecule has 0 aliphatic carbocycles. The molecule has 0 unspecified atom stereocenters. The lowest BCUT2D eigenvalue weighted by atomic mass is 10.4. The van der Waals surface area contributed by atoms with E-state index in [4.69, 9.17) is 23.2 Å². The highest BCUT2D eigenvalue weighted by molar-refractivity contribution is 6.17. The fourth-order valence-electron chi connectivity index (χ4n) is 1.33. The number of alkyl halides is 1. The van der Waals surface area contributed by atoms with Gasteiger partial charge in [0.2, 0.25) is 5.95 Å². The molecule has 0 atom stereocenters. The van der Waals surface area contributed by atoms with Crippen molar-refractivity contribution in [2.75, 3.05) is 17.0 Å². The first kappa shape index (κ1) is 9.94. The van der Waals surface area contributed by atoms with Crippen LogP contribution < -0.4 is 17.0 Å². The Kier molecular flexibility index (Phi) is 2.57. The van der Waals surface area contributed by atoms with E-state index in [9.17, 15) is 0 Å². The molecule has 0 fully saturated rings. The van der Waals surface area contributed by atoms with Gasteiger partial charge in [-0.3, -0.25) is 0 Å². The summed E-state index contributed by atoms with van der Waals surface area (Å²) in [7, 11) is 0. The van der Waals surface area contributed by atoms with E-state index < -0.39 is 0 Å². The van der Waals surface area contributed by atoms with Crippen LogP contribution in [0, 0.1) is 0 Å². The highest BCUT2D eigenvalue weighted by Crippen LogP contribution is 2.19. The predicted molar refractivity (Wildman–Crippen MR) is 58.3 cm³/mol. The van der Waals surface area contributed by atoms with Crippen LogP contribution in [0.5, 0.6) is 0 Å². The molecule has 2 heterocycles. The smallest absolute Gasteiger partial charge is 0.224 e. The monoisotopic (exact) mass is 227 g/mol. The van der Waals surface area contributed by atoms with E-state index in [0.29, 0.717) is 23.9 Å². The van der Waals surface area contributed by atoms with E-state index in [-0.39, 0.29) is 5.95 Å².